The quantitative estimate of drug-likeness (QED) is 0.156. The summed E-state index contributed by atoms with van der Waals surface area (Å²) in [6, 6.07) is 37.0. The van der Waals surface area contributed by atoms with Crippen LogP contribution in [-0.4, -0.2) is 57.5 Å². The molecule has 1 unspecified atom stereocenters. The Balaban J connectivity index is 0.000000157. The van der Waals surface area contributed by atoms with Crippen molar-refractivity contribution >= 4 is 33.7 Å². The molecule has 232 valence electrons. The third kappa shape index (κ3) is 6.75. The number of aromatic nitrogens is 2. The minimum Gasteiger partial charge on any atom is -0.477 e. The van der Waals surface area contributed by atoms with Crippen molar-refractivity contribution in [3.8, 4) is 0 Å². The predicted molar refractivity (Wildman–Crippen MR) is 182 cm³/mol. The van der Waals surface area contributed by atoms with Crippen LogP contribution in [-0.2, 0) is 12.8 Å². The van der Waals surface area contributed by atoms with Crippen molar-refractivity contribution in [1.82, 2.24) is 20.2 Å². The SMILES string of the molecule is O=C(NC1CN2CCC1CC2)c1cc2cc(Cc3ccccc3)ccc2[nH]1.O=C(O)c1cc2cc(Cc3ccccc3)ccc2[nH]1. The van der Waals surface area contributed by atoms with E-state index in [-0.39, 0.29) is 11.6 Å². The van der Waals surface area contributed by atoms with Crippen molar-refractivity contribution in [3.63, 3.8) is 0 Å². The van der Waals surface area contributed by atoms with Crippen LogP contribution < -0.4 is 5.32 Å². The molecule has 0 saturated carbocycles. The van der Waals surface area contributed by atoms with Gasteiger partial charge in [-0.2, -0.15) is 0 Å². The van der Waals surface area contributed by atoms with Crippen molar-refractivity contribution in [2.45, 2.75) is 31.7 Å². The predicted octanol–water partition coefficient (Wildman–Crippen LogP) is 7.04. The van der Waals surface area contributed by atoms with Gasteiger partial charge in [0.25, 0.3) is 5.91 Å². The average Bonchev–Trinajstić information content (AvgIpc) is 3.71. The molecule has 3 aliphatic heterocycles. The second-order valence-electron chi connectivity index (χ2n) is 12.6. The van der Waals surface area contributed by atoms with Crippen LogP contribution >= 0.6 is 0 Å². The number of H-pyrrole nitrogens is 2. The maximum atomic E-state index is 12.8. The molecule has 2 aromatic heterocycles. The van der Waals surface area contributed by atoms with Crippen LogP contribution in [0.25, 0.3) is 21.8 Å². The minimum absolute atomic E-state index is 0.0227. The summed E-state index contributed by atoms with van der Waals surface area (Å²) < 4.78 is 0. The van der Waals surface area contributed by atoms with Crippen LogP contribution in [0.4, 0.5) is 0 Å². The van der Waals surface area contributed by atoms with Gasteiger partial charge in [-0.15, -0.1) is 0 Å². The van der Waals surface area contributed by atoms with E-state index in [0.717, 1.165) is 41.2 Å². The number of aromatic amines is 2. The summed E-state index contributed by atoms with van der Waals surface area (Å²) in [6.07, 6.45) is 4.18. The number of carboxylic acids is 1. The Morgan fingerprint density at radius 1 is 0.674 bits per heavy atom. The maximum absolute atomic E-state index is 12.8. The Hall–Kier alpha value is -5.14. The van der Waals surface area contributed by atoms with Crippen molar-refractivity contribution in [3.05, 3.63) is 143 Å². The first-order valence-electron chi connectivity index (χ1n) is 16.0. The zero-order chi connectivity index (χ0) is 31.5. The molecule has 2 bridgehead atoms. The molecule has 5 heterocycles. The van der Waals surface area contributed by atoms with Gasteiger partial charge in [0.05, 0.1) is 0 Å². The summed E-state index contributed by atoms with van der Waals surface area (Å²) in [5.41, 5.74) is 7.75. The smallest absolute Gasteiger partial charge is 0.352 e. The number of fused-ring (bicyclic) bond motifs is 5. The van der Waals surface area contributed by atoms with E-state index < -0.39 is 5.97 Å². The van der Waals surface area contributed by atoms with Crippen LogP contribution in [0, 0.1) is 5.92 Å². The number of benzene rings is 4. The lowest BCUT2D eigenvalue weighted by atomic mass is 9.84. The molecule has 4 N–H and O–H groups in total. The monoisotopic (exact) mass is 610 g/mol. The number of hydrogen-bond acceptors (Lipinski definition) is 3. The number of nitrogens with zero attached hydrogens (tertiary/aromatic N) is 1. The van der Waals surface area contributed by atoms with Crippen LogP contribution in [0.1, 0.15) is 56.1 Å². The molecule has 46 heavy (non-hydrogen) atoms. The molecule has 3 saturated heterocycles. The second kappa shape index (κ2) is 13.1. The summed E-state index contributed by atoms with van der Waals surface area (Å²) in [6.45, 7) is 3.37. The lowest BCUT2D eigenvalue weighted by Gasteiger charge is -2.44. The highest BCUT2D eigenvalue weighted by Crippen LogP contribution is 2.28. The van der Waals surface area contributed by atoms with Gasteiger partial charge in [0.15, 0.2) is 0 Å². The molecule has 3 aliphatic rings. The summed E-state index contributed by atoms with van der Waals surface area (Å²) >= 11 is 0. The van der Waals surface area contributed by atoms with E-state index in [9.17, 15) is 9.59 Å². The summed E-state index contributed by atoms with van der Waals surface area (Å²) in [5, 5.41) is 14.3. The molecule has 3 fully saturated rings. The van der Waals surface area contributed by atoms with E-state index >= 15 is 0 Å². The van der Waals surface area contributed by atoms with Gasteiger partial charge in [-0.3, -0.25) is 4.79 Å². The fourth-order valence-electron chi connectivity index (χ4n) is 6.86. The molecule has 6 aromatic rings. The number of carbonyl (C=O) groups is 2. The molecule has 9 rings (SSSR count). The van der Waals surface area contributed by atoms with Gasteiger partial charge in [-0.1, -0.05) is 72.8 Å². The molecule has 7 heteroatoms. The van der Waals surface area contributed by atoms with E-state index in [1.165, 1.54) is 48.2 Å². The number of carbonyl (C=O) groups excluding carboxylic acids is 1. The Bertz CT molecular complexity index is 1970. The normalized spacial score (nSPS) is 18.7. The van der Waals surface area contributed by atoms with E-state index in [1.807, 2.05) is 48.5 Å². The first kappa shape index (κ1) is 29.6. The first-order chi connectivity index (χ1) is 22.5. The molecule has 0 radical (unpaired) electrons. The van der Waals surface area contributed by atoms with E-state index in [1.54, 1.807) is 6.07 Å². The number of carboxylic acid groups (broad SMARTS) is 1. The van der Waals surface area contributed by atoms with Crippen molar-refractivity contribution in [1.29, 1.82) is 0 Å². The highest BCUT2D eigenvalue weighted by atomic mass is 16.4. The molecular weight excluding hydrogens is 572 g/mol. The summed E-state index contributed by atoms with van der Waals surface area (Å²) in [5.74, 6) is -0.267. The fourth-order valence-corrected chi connectivity index (χ4v) is 6.86. The van der Waals surface area contributed by atoms with Crippen LogP contribution in [0.2, 0.25) is 0 Å². The van der Waals surface area contributed by atoms with Gasteiger partial charge in [0, 0.05) is 34.4 Å². The molecule has 1 atom stereocenters. The standard InChI is InChI=1S/C23H25N3O.C16H13NO2/c27-23(25-22-15-26-10-8-18(22)9-11-26)21-14-19-13-17(6-7-20(19)24-21)12-16-4-2-1-3-5-16;18-16(19)15-10-13-9-12(6-7-14(13)17-15)8-11-4-2-1-3-5-11/h1-7,13-14,18,22,24H,8-12,15H2,(H,25,27);1-7,9-10,17H,8H2,(H,18,19). The van der Waals surface area contributed by atoms with E-state index in [0.29, 0.717) is 17.7 Å². The number of aromatic carboxylic acids is 1. The fraction of sp³-hybridized carbons (Fsp3) is 0.231. The van der Waals surface area contributed by atoms with Crippen molar-refractivity contribution in [2.75, 3.05) is 19.6 Å². The van der Waals surface area contributed by atoms with E-state index in [4.69, 9.17) is 5.11 Å². The Morgan fingerprint density at radius 2 is 1.20 bits per heavy atom. The largest absolute Gasteiger partial charge is 0.477 e. The van der Waals surface area contributed by atoms with Crippen molar-refractivity contribution < 1.29 is 14.7 Å². The van der Waals surface area contributed by atoms with Gasteiger partial charge >= 0.3 is 5.97 Å². The molecule has 1 amide bonds. The van der Waals surface area contributed by atoms with Gasteiger partial charge in [-0.25, -0.2) is 4.79 Å². The van der Waals surface area contributed by atoms with Crippen LogP contribution in [0.3, 0.4) is 0 Å². The number of hydrogen-bond donors (Lipinski definition) is 4. The summed E-state index contributed by atoms with van der Waals surface area (Å²) in [7, 11) is 0. The molecule has 0 spiro atoms. The maximum Gasteiger partial charge on any atom is 0.352 e. The van der Waals surface area contributed by atoms with Crippen LogP contribution in [0.15, 0.2) is 109 Å². The lowest BCUT2D eigenvalue weighted by molar-refractivity contribution is 0.0618. The Labute approximate surface area is 268 Å². The molecular formula is C39H38N4O3. The second-order valence-corrected chi connectivity index (χ2v) is 12.6. The topological polar surface area (TPSA) is 101 Å². The zero-order valence-corrected chi connectivity index (χ0v) is 25.7. The third-order valence-corrected chi connectivity index (χ3v) is 9.32. The lowest BCUT2D eigenvalue weighted by Crippen LogP contribution is -2.57. The van der Waals surface area contributed by atoms with E-state index in [2.05, 4.69) is 74.8 Å². The van der Waals surface area contributed by atoms with Crippen molar-refractivity contribution in [2.24, 2.45) is 5.92 Å². The number of amides is 1. The highest BCUT2D eigenvalue weighted by molar-refractivity contribution is 5.98. The zero-order valence-electron chi connectivity index (χ0n) is 25.7. The molecule has 4 aromatic carbocycles. The third-order valence-electron chi connectivity index (χ3n) is 9.32. The van der Waals surface area contributed by atoms with Gasteiger partial charge in [-0.05, 0) is 103 Å². The Morgan fingerprint density at radius 3 is 1.70 bits per heavy atom. The molecule has 0 aliphatic carbocycles. The average molecular weight is 611 g/mol. The number of piperidine rings is 3. The number of nitrogens with one attached hydrogen (secondary N) is 3. The first-order valence-corrected chi connectivity index (χ1v) is 16.0. The minimum atomic E-state index is -0.930. The van der Waals surface area contributed by atoms with Crippen LogP contribution in [0.5, 0.6) is 0 Å². The number of rotatable bonds is 7. The molecule has 7 nitrogen and oxygen atoms in total. The van der Waals surface area contributed by atoms with Gasteiger partial charge in [0.2, 0.25) is 0 Å². The van der Waals surface area contributed by atoms with Gasteiger partial charge in [0.1, 0.15) is 11.4 Å². The van der Waals surface area contributed by atoms with Gasteiger partial charge < -0.3 is 25.3 Å². The highest BCUT2D eigenvalue weighted by Gasteiger charge is 2.35. The summed E-state index contributed by atoms with van der Waals surface area (Å²) in [4.78, 5) is 32.3. The Kier molecular flexibility index (Phi) is 8.40.